The van der Waals surface area contributed by atoms with Gasteiger partial charge in [-0.1, -0.05) is 47.5 Å². The van der Waals surface area contributed by atoms with Crippen LogP contribution in [-0.4, -0.2) is 16.2 Å². The molecule has 29 heavy (non-hydrogen) atoms. The molecule has 1 aromatic heterocycles. The van der Waals surface area contributed by atoms with Gasteiger partial charge in [0.15, 0.2) is 0 Å². The number of fused-ring (bicyclic) bond motifs is 1. The third-order valence-corrected chi connectivity index (χ3v) is 5.53. The summed E-state index contributed by atoms with van der Waals surface area (Å²) in [5.41, 5.74) is 5.66. The van der Waals surface area contributed by atoms with Crippen molar-refractivity contribution in [2.75, 3.05) is 6.61 Å². The van der Waals surface area contributed by atoms with Crippen LogP contribution in [0.15, 0.2) is 66.7 Å². The first-order valence-electron chi connectivity index (χ1n) is 10.0. The number of aromatic nitrogens is 2. The Hall–Kier alpha value is -2.78. The van der Waals surface area contributed by atoms with Gasteiger partial charge < -0.3 is 9.30 Å². The lowest BCUT2D eigenvalue weighted by Gasteiger charge is -2.11. The van der Waals surface area contributed by atoms with Gasteiger partial charge in [0.05, 0.1) is 17.6 Å². The minimum atomic E-state index is 0.688. The van der Waals surface area contributed by atoms with E-state index in [1.807, 2.05) is 31.2 Å². The molecule has 3 nitrogen and oxygen atoms in total. The van der Waals surface area contributed by atoms with Crippen LogP contribution in [0.1, 0.15) is 24.0 Å². The molecule has 0 spiro atoms. The molecule has 0 fully saturated rings. The number of rotatable bonds is 7. The van der Waals surface area contributed by atoms with Gasteiger partial charge in [-0.3, -0.25) is 0 Å². The first-order valence-corrected chi connectivity index (χ1v) is 10.4. The number of ether oxygens (including phenoxy) is 1. The molecule has 0 N–H and O–H groups in total. The fourth-order valence-electron chi connectivity index (χ4n) is 3.58. The van der Waals surface area contributed by atoms with E-state index in [0.717, 1.165) is 52.6 Å². The van der Waals surface area contributed by atoms with Crippen LogP contribution in [0.2, 0.25) is 5.02 Å². The number of unbranched alkanes of at least 4 members (excludes halogenated alkanes) is 1. The third kappa shape index (κ3) is 4.46. The van der Waals surface area contributed by atoms with Crippen molar-refractivity contribution in [1.29, 1.82) is 0 Å². The van der Waals surface area contributed by atoms with E-state index in [1.54, 1.807) is 0 Å². The molecule has 4 aromatic rings. The fraction of sp³-hybridized carbons (Fsp3) is 0.240. The average Bonchev–Trinajstić information content (AvgIpc) is 3.09. The number of aryl methyl sites for hydroxylation is 3. The predicted octanol–water partition coefficient (Wildman–Crippen LogP) is 6.83. The van der Waals surface area contributed by atoms with Crippen molar-refractivity contribution in [3.63, 3.8) is 0 Å². The van der Waals surface area contributed by atoms with Gasteiger partial charge in [0.25, 0.3) is 0 Å². The molecule has 4 rings (SSSR count). The number of halogens is 1. The predicted molar refractivity (Wildman–Crippen MR) is 121 cm³/mol. The number of hydrogen-bond acceptors (Lipinski definition) is 2. The summed E-state index contributed by atoms with van der Waals surface area (Å²) in [5.74, 6) is 1.91. The largest absolute Gasteiger partial charge is 0.494 e. The molecule has 0 atom stereocenters. The van der Waals surface area contributed by atoms with E-state index in [2.05, 4.69) is 54.0 Å². The van der Waals surface area contributed by atoms with Crippen LogP contribution in [0.5, 0.6) is 5.75 Å². The molecule has 1 heterocycles. The Morgan fingerprint density at radius 2 is 1.79 bits per heavy atom. The molecule has 0 amide bonds. The van der Waals surface area contributed by atoms with Crippen LogP contribution in [0.3, 0.4) is 0 Å². The van der Waals surface area contributed by atoms with Crippen molar-refractivity contribution in [3.8, 4) is 17.1 Å². The average molecular weight is 405 g/mol. The van der Waals surface area contributed by atoms with Crippen molar-refractivity contribution >= 4 is 22.6 Å². The highest BCUT2D eigenvalue weighted by Gasteiger charge is 2.12. The van der Waals surface area contributed by atoms with E-state index in [1.165, 1.54) is 11.1 Å². The van der Waals surface area contributed by atoms with Crippen LogP contribution < -0.4 is 4.74 Å². The van der Waals surface area contributed by atoms with Crippen molar-refractivity contribution in [3.05, 3.63) is 82.9 Å². The monoisotopic (exact) mass is 404 g/mol. The second-order valence-corrected chi connectivity index (χ2v) is 7.82. The van der Waals surface area contributed by atoms with Gasteiger partial charge in [0, 0.05) is 17.1 Å². The Labute approximate surface area is 176 Å². The number of benzene rings is 3. The maximum Gasteiger partial charge on any atom is 0.141 e. The fourth-order valence-corrected chi connectivity index (χ4v) is 3.69. The summed E-state index contributed by atoms with van der Waals surface area (Å²) in [5, 5.41) is 0.771. The highest BCUT2D eigenvalue weighted by molar-refractivity contribution is 6.31. The second-order valence-electron chi connectivity index (χ2n) is 7.41. The smallest absolute Gasteiger partial charge is 0.141 e. The van der Waals surface area contributed by atoms with E-state index < -0.39 is 0 Å². The first kappa shape index (κ1) is 19.5. The minimum Gasteiger partial charge on any atom is -0.494 e. The lowest BCUT2D eigenvalue weighted by Crippen LogP contribution is -2.04. The van der Waals surface area contributed by atoms with Gasteiger partial charge in [-0.2, -0.15) is 0 Å². The van der Waals surface area contributed by atoms with Crippen molar-refractivity contribution in [2.45, 2.75) is 33.2 Å². The Balaban J connectivity index is 1.46. The molecular formula is C25H25ClN2O. The molecule has 0 saturated heterocycles. The van der Waals surface area contributed by atoms with Crippen LogP contribution in [-0.2, 0) is 6.54 Å². The molecular weight excluding hydrogens is 380 g/mol. The summed E-state index contributed by atoms with van der Waals surface area (Å²) < 4.78 is 8.23. The Kier molecular flexibility index (Phi) is 5.86. The SMILES string of the molecule is Cc1cccc(-c2nc3ccccc3n2CCCCOc2ccc(Cl)c(C)c2)c1. The molecule has 0 saturated carbocycles. The molecule has 4 heteroatoms. The molecule has 148 valence electrons. The van der Waals surface area contributed by atoms with E-state index in [0.29, 0.717) is 6.61 Å². The Morgan fingerprint density at radius 3 is 2.62 bits per heavy atom. The van der Waals surface area contributed by atoms with Gasteiger partial charge >= 0.3 is 0 Å². The van der Waals surface area contributed by atoms with Gasteiger partial charge in [-0.15, -0.1) is 0 Å². The Bertz CT molecular complexity index is 1130. The maximum absolute atomic E-state index is 6.08. The molecule has 0 aliphatic rings. The summed E-state index contributed by atoms with van der Waals surface area (Å²) >= 11 is 6.08. The minimum absolute atomic E-state index is 0.688. The molecule has 0 unspecified atom stereocenters. The number of imidazole rings is 1. The number of hydrogen-bond donors (Lipinski definition) is 0. The summed E-state index contributed by atoms with van der Waals surface area (Å²) in [7, 11) is 0. The number of para-hydroxylation sites is 2. The van der Waals surface area contributed by atoms with Crippen molar-refractivity contribution < 1.29 is 4.74 Å². The molecule has 0 bridgehead atoms. The number of nitrogens with zero attached hydrogens (tertiary/aromatic N) is 2. The zero-order valence-electron chi connectivity index (χ0n) is 16.9. The highest BCUT2D eigenvalue weighted by atomic mass is 35.5. The van der Waals surface area contributed by atoms with E-state index in [4.69, 9.17) is 21.3 Å². The first-order chi connectivity index (χ1) is 14.1. The topological polar surface area (TPSA) is 27.1 Å². The second kappa shape index (κ2) is 8.71. The molecule has 3 aromatic carbocycles. The van der Waals surface area contributed by atoms with Crippen LogP contribution >= 0.6 is 11.6 Å². The zero-order chi connectivity index (χ0) is 20.2. The van der Waals surface area contributed by atoms with Gasteiger partial charge in [0.2, 0.25) is 0 Å². The normalized spacial score (nSPS) is 11.1. The van der Waals surface area contributed by atoms with Gasteiger partial charge in [0.1, 0.15) is 11.6 Å². The highest BCUT2D eigenvalue weighted by Crippen LogP contribution is 2.26. The summed E-state index contributed by atoms with van der Waals surface area (Å²) in [6.07, 6.45) is 1.99. The van der Waals surface area contributed by atoms with E-state index in [-0.39, 0.29) is 0 Å². The zero-order valence-corrected chi connectivity index (χ0v) is 17.6. The molecule has 0 radical (unpaired) electrons. The van der Waals surface area contributed by atoms with Crippen LogP contribution in [0.25, 0.3) is 22.4 Å². The lowest BCUT2D eigenvalue weighted by atomic mass is 10.1. The maximum atomic E-state index is 6.08. The van der Waals surface area contributed by atoms with E-state index in [9.17, 15) is 0 Å². The van der Waals surface area contributed by atoms with Gasteiger partial charge in [-0.05, 0) is 68.7 Å². The summed E-state index contributed by atoms with van der Waals surface area (Å²) in [6.45, 7) is 5.71. The third-order valence-electron chi connectivity index (χ3n) is 5.11. The van der Waals surface area contributed by atoms with Crippen LogP contribution in [0, 0.1) is 13.8 Å². The quantitative estimate of drug-likeness (QED) is 0.315. The molecule has 0 aliphatic heterocycles. The van der Waals surface area contributed by atoms with E-state index >= 15 is 0 Å². The molecule has 0 aliphatic carbocycles. The standard InChI is InChI=1S/C25H25ClN2O/c1-18-8-7-9-20(16-18)25-27-23-10-3-4-11-24(23)28(25)14-5-6-15-29-21-12-13-22(26)19(2)17-21/h3-4,7-13,16-17H,5-6,14-15H2,1-2H3. The van der Waals surface area contributed by atoms with Crippen LogP contribution in [0.4, 0.5) is 0 Å². The summed E-state index contributed by atoms with van der Waals surface area (Å²) in [4.78, 5) is 4.91. The van der Waals surface area contributed by atoms with Crippen molar-refractivity contribution in [1.82, 2.24) is 9.55 Å². The Morgan fingerprint density at radius 1 is 0.931 bits per heavy atom. The summed E-state index contributed by atoms with van der Waals surface area (Å²) in [6, 6.07) is 22.7. The lowest BCUT2D eigenvalue weighted by molar-refractivity contribution is 0.303. The van der Waals surface area contributed by atoms with Gasteiger partial charge in [-0.25, -0.2) is 4.98 Å². The van der Waals surface area contributed by atoms with Crippen molar-refractivity contribution in [2.24, 2.45) is 0 Å².